The van der Waals surface area contributed by atoms with Gasteiger partial charge in [-0.3, -0.25) is 4.79 Å². The fraction of sp³-hybridized carbons (Fsp3) is 0.143. The summed E-state index contributed by atoms with van der Waals surface area (Å²) >= 11 is 7.09. The molecule has 0 spiro atoms. The van der Waals surface area contributed by atoms with Gasteiger partial charge in [-0.05, 0) is 37.3 Å². The summed E-state index contributed by atoms with van der Waals surface area (Å²) in [6.07, 6.45) is 0. The number of thiophene rings is 1. The van der Waals surface area contributed by atoms with Gasteiger partial charge in [0, 0.05) is 12.7 Å². The van der Waals surface area contributed by atoms with Crippen LogP contribution >= 0.6 is 22.9 Å². The Kier molecular flexibility index (Phi) is 3.23. The number of carbonyl (C=O) groups excluding carboxylic acids is 1. The minimum absolute atomic E-state index is 0.158. The van der Waals surface area contributed by atoms with Gasteiger partial charge in [0.1, 0.15) is 5.82 Å². The molecule has 3 aromatic rings. The number of carbonyl (C=O) groups is 1. The number of aromatic nitrogens is 2. The van der Waals surface area contributed by atoms with Crippen molar-refractivity contribution in [1.29, 1.82) is 0 Å². The van der Waals surface area contributed by atoms with E-state index in [1.807, 2.05) is 36.7 Å². The number of fused-ring (bicyclic) bond motifs is 1. The van der Waals surface area contributed by atoms with Crippen molar-refractivity contribution in [3.8, 4) is 0 Å². The highest BCUT2D eigenvalue weighted by Crippen LogP contribution is 2.24. The molecule has 0 aliphatic heterocycles. The topological polar surface area (TPSA) is 46.9 Å². The van der Waals surface area contributed by atoms with Gasteiger partial charge in [0.2, 0.25) is 0 Å². The van der Waals surface area contributed by atoms with E-state index >= 15 is 0 Å². The minimum Gasteiger partial charge on any atom is -0.331 e. The van der Waals surface area contributed by atoms with Crippen molar-refractivity contribution in [1.82, 2.24) is 9.55 Å². The smallest absolute Gasteiger partial charge is 0.265 e. The Morgan fingerprint density at radius 1 is 1.35 bits per heavy atom. The predicted octanol–water partition coefficient (Wildman–Crippen LogP) is 3.85. The van der Waals surface area contributed by atoms with Crippen LogP contribution in [0.3, 0.4) is 0 Å². The summed E-state index contributed by atoms with van der Waals surface area (Å²) < 4.78 is 2.62. The number of halogens is 1. The SMILES string of the molecule is Cc1nc2cc(NC(=O)c3ccc(Cl)s3)ccc2n1C. The van der Waals surface area contributed by atoms with Crippen LogP contribution in [0.5, 0.6) is 0 Å². The molecule has 2 heterocycles. The van der Waals surface area contributed by atoms with E-state index in [0.717, 1.165) is 22.5 Å². The summed E-state index contributed by atoms with van der Waals surface area (Å²) in [4.78, 5) is 17.1. The van der Waals surface area contributed by atoms with Crippen molar-refractivity contribution in [3.05, 3.63) is 45.4 Å². The van der Waals surface area contributed by atoms with Gasteiger partial charge in [-0.2, -0.15) is 0 Å². The van der Waals surface area contributed by atoms with Crippen molar-refractivity contribution in [3.63, 3.8) is 0 Å². The lowest BCUT2D eigenvalue weighted by Crippen LogP contribution is -2.09. The molecular weight excluding hydrogens is 294 g/mol. The molecule has 0 atom stereocenters. The molecule has 0 saturated heterocycles. The molecule has 0 saturated carbocycles. The third-order valence-electron chi connectivity index (χ3n) is 3.16. The minimum atomic E-state index is -0.158. The number of rotatable bonds is 2. The Morgan fingerprint density at radius 2 is 2.15 bits per heavy atom. The molecular formula is C14H12ClN3OS. The van der Waals surface area contributed by atoms with Gasteiger partial charge in [-0.25, -0.2) is 4.98 Å². The largest absolute Gasteiger partial charge is 0.331 e. The molecule has 0 aliphatic carbocycles. The molecule has 0 fully saturated rings. The maximum atomic E-state index is 12.1. The van der Waals surface area contributed by atoms with Crippen LogP contribution in [0.2, 0.25) is 4.34 Å². The van der Waals surface area contributed by atoms with E-state index in [1.54, 1.807) is 12.1 Å². The van der Waals surface area contributed by atoms with Crippen LogP contribution in [0.1, 0.15) is 15.5 Å². The van der Waals surface area contributed by atoms with Crippen molar-refractivity contribution in [2.75, 3.05) is 5.32 Å². The van der Waals surface area contributed by atoms with Crippen LogP contribution in [0.4, 0.5) is 5.69 Å². The molecule has 2 aromatic heterocycles. The van der Waals surface area contributed by atoms with E-state index in [-0.39, 0.29) is 5.91 Å². The van der Waals surface area contributed by atoms with E-state index in [9.17, 15) is 4.79 Å². The third-order valence-corrected chi connectivity index (χ3v) is 4.39. The highest BCUT2D eigenvalue weighted by molar-refractivity contribution is 7.18. The van der Waals surface area contributed by atoms with E-state index in [0.29, 0.717) is 9.21 Å². The lowest BCUT2D eigenvalue weighted by Gasteiger charge is -2.03. The van der Waals surface area contributed by atoms with E-state index in [4.69, 9.17) is 11.6 Å². The predicted molar refractivity (Wildman–Crippen MR) is 82.7 cm³/mol. The summed E-state index contributed by atoms with van der Waals surface area (Å²) in [5.74, 6) is 0.780. The molecule has 3 rings (SSSR count). The summed E-state index contributed by atoms with van der Waals surface area (Å²) in [5, 5.41) is 2.86. The van der Waals surface area contributed by atoms with Crippen LogP contribution in [-0.2, 0) is 7.05 Å². The second-order valence-electron chi connectivity index (χ2n) is 4.48. The van der Waals surface area contributed by atoms with Crippen LogP contribution in [0.25, 0.3) is 11.0 Å². The summed E-state index contributed by atoms with van der Waals surface area (Å²) in [6, 6.07) is 9.12. The maximum absolute atomic E-state index is 12.1. The highest BCUT2D eigenvalue weighted by atomic mass is 35.5. The second-order valence-corrected chi connectivity index (χ2v) is 6.19. The number of amides is 1. The third kappa shape index (κ3) is 2.30. The lowest BCUT2D eigenvalue weighted by molar-refractivity contribution is 0.103. The van der Waals surface area contributed by atoms with Gasteiger partial charge in [0.25, 0.3) is 5.91 Å². The molecule has 0 bridgehead atoms. The first kappa shape index (κ1) is 13.1. The van der Waals surface area contributed by atoms with E-state index < -0.39 is 0 Å². The Balaban J connectivity index is 1.89. The molecule has 4 nitrogen and oxygen atoms in total. The molecule has 0 unspecified atom stereocenters. The Hall–Kier alpha value is -1.85. The summed E-state index contributed by atoms with van der Waals surface area (Å²) in [6.45, 7) is 1.95. The highest BCUT2D eigenvalue weighted by Gasteiger charge is 2.10. The van der Waals surface area contributed by atoms with Crippen molar-refractivity contribution in [2.24, 2.45) is 7.05 Å². The first-order valence-electron chi connectivity index (χ1n) is 6.04. The number of hydrogen-bond acceptors (Lipinski definition) is 3. The molecule has 0 aliphatic rings. The summed E-state index contributed by atoms with van der Waals surface area (Å²) in [7, 11) is 1.97. The van der Waals surface area contributed by atoms with Crippen molar-refractivity contribution >= 4 is 45.6 Å². The zero-order chi connectivity index (χ0) is 14.3. The Bertz CT molecular complexity index is 806. The number of nitrogens with zero attached hydrogens (tertiary/aromatic N) is 2. The van der Waals surface area contributed by atoms with Gasteiger partial charge in [0.05, 0.1) is 20.2 Å². The molecule has 1 N–H and O–H groups in total. The molecule has 1 aromatic carbocycles. The first-order chi connectivity index (χ1) is 9.54. The number of nitrogens with one attached hydrogen (secondary N) is 1. The van der Waals surface area contributed by atoms with Crippen molar-refractivity contribution in [2.45, 2.75) is 6.92 Å². The number of aryl methyl sites for hydroxylation is 2. The molecule has 6 heteroatoms. The van der Waals surface area contributed by atoms with Gasteiger partial charge < -0.3 is 9.88 Å². The number of hydrogen-bond donors (Lipinski definition) is 1. The zero-order valence-corrected chi connectivity index (χ0v) is 12.5. The molecule has 0 radical (unpaired) electrons. The fourth-order valence-corrected chi connectivity index (χ4v) is 2.97. The molecule has 1 amide bonds. The van der Waals surface area contributed by atoms with E-state index in [2.05, 4.69) is 10.3 Å². The van der Waals surface area contributed by atoms with Crippen LogP contribution in [-0.4, -0.2) is 15.5 Å². The van der Waals surface area contributed by atoms with Crippen LogP contribution in [0.15, 0.2) is 30.3 Å². The average molecular weight is 306 g/mol. The van der Waals surface area contributed by atoms with Gasteiger partial charge >= 0.3 is 0 Å². The average Bonchev–Trinajstić information content (AvgIpc) is 2.95. The van der Waals surface area contributed by atoms with Crippen LogP contribution < -0.4 is 5.32 Å². The summed E-state index contributed by atoms with van der Waals surface area (Å²) in [5.41, 5.74) is 2.64. The number of imidazole rings is 1. The molecule has 20 heavy (non-hydrogen) atoms. The Labute approximate surface area is 125 Å². The maximum Gasteiger partial charge on any atom is 0.265 e. The fourth-order valence-electron chi connectivity index (χ4n) is 2.03. The number of benzene rings is 1. The van der Waals surface area contributed by atoms with E-state index in [1.165, 1.54) is 11.3 Å². The lowest BCUT2D eigenvalue weighted by atomic mass is 10.2. The van der Waals surface area contributed by atoms with Crippen LogP contribution in [0, 0.1) is 6.92 Å². The monoisotopic (exact) mass is 305 g/mol. The van der Waals surface area contributed by atoms with Gasteiger partial charge in [-0.1, -0.05) is 11.6 Å². The zero-order valence-electron chi connectivity index (χ0n) is 11.0. The standard InChI is InChI=1S/C14H12ClN3OS/c1-8-16-10-7-9(3-4-11(10)18(8)2)17-14(19)12-5-6-13(15)20-12/h3-7H,1-2H3,(H,17,19). The quantitative estimate of drug-likeness (QED) is 0.781. The second kappa shape index (κ2) is 4.92. The number of anilines is 1. The van der Waals surface area contributed by atoms with Gasteiger partial charge in [-0.15, -0.1) is 11.3 Å². The Morgan fingerprint density at radius 3 is 2.85 bits per heavy atom. The van der Waals surface area contributed by atoms with Gasteiger partial charge in [0.15, 0.2) is 0 Å². The molecule has 102 valence electrons. The normalized spacial score (nSPS) is 10.9. The first-order valence-corrected chi connectivity index (χ1v) is 7.24. The van der Waals surface area contributed by atoms with Crippen molar-refractivity contribution < 1.29 is 4.79 Å².